The normalized spacial score (nSPS) is 15.9. The number of nitrogens with zero attached hydrogens (tertiary/aromatic N) is 1. The van der Waals surface area contributed by atoms with Crippen molar-refractivity contribution in [1.82, 2.24) is 15.6 Å². The Morgan fingerprint density at radius 1 is 0.923 bits per heavy atom. The Morgan fingerprint density at radius 2 is 1.58 bits per heavy atom. The molecule has 1 unspecified atom stereocenters. The summed E-state index contributed by atoms with van der Waals surface area (Å²) in [5.74, 6) is -0.490. The molecule has 1 aliphatic rings. The van der Waals surface area contributed by atoms with Gasteiger partial charge in [-0.05, 0) is 37.5 Å². The van der Waals surface area contributed by atoms with E-state index in [1.54, 1.807) is 18.2 Å². The first-order valence-electron chi connectivity index (χ1n) is 9.27. The van der Waals surface area contributed by atoms with Crippen LogP contribution in [0, 0.1) is 0 Å². The minimum absolute atomic E-state index is 0.134. The second-order valence-corrected chi connectivity index (χ2v) is 6.82. The average molecular weight is 351 g/mol. The number of hydrogen-bond acceptors (Lipinski definition) is 3. The molecule has 2 aromatic rings. The van der Waals surface area contributed by atoms with Crippen molar-refractivity contribution < 1.29 is 9.59 Å². The fourth-order valence-corrected chi connectivity index (χ4v) is 3.29. The molecule has 1 fully saturated rings. The molecular weight excluding hydrogens is 326 g/mol. The molecule has 5 heteroatoms. The molecule has 1 heterocycles. The van der Waals surface area contributed by atoms with Gasteiger partial charge in [0, 0.05) is 6.04 Å². The molecule has 1 aromatic heterocycles. The van der Waals surface area contributed by atoms with E-state index in [2.05, 4.69) is 15.6 Å². The summed E-state index contributed by atoms with van der Waals surface area (Å²) in [7, 11) is 0. The maximum absolute atomic E-state index is 12.5. The van der Waals surface area contributed by atoms with Gasteiger partial charge in [0.1, 0.15) is 11.4 Å². The lowest BCUT2D eigenvalue weighted by atomic mass is 9.95. The Balaban J connectivity index is 1.64. The molecule has 26 heavy (non-hydrogen) atoms. The Kier molecular flexibility index (Phi) is 6.00. The van der Waals surface area contributed by atoms with E-state index in [0.29, 0.717) is 0 Å². The molecule has 0 radical (unpaired) electrons. The smallest absolute Gasteiger partial charge is 0.270 e. The van der Waals surface area contributed by atoms with E-state index < -0.39 is 0 Å². The summed E-state index contributed by atoms with van der Waals surface area (Å²) in [5, 5.41) is 5.96. The largest absolute Gasteiger partial charge is 0.348 e. The molecular formula is C21H25N3O2. The second-order valence-electron chi connectivity index (χ2n) is 6.82. The van der Waals surface area contributed by atoms with Crippen LogP contribution in [-0.2, 0) is 0 Å². The lowest BCUT2D eigenvalue weighted by Gasteiger charge is -2.22. The molecule has 2 N–H and O–H groups in total. The van der Waals surface area contributed by atoms with Gasteiger partial charge in [-0.2, -0.15) is 0 Å². The summed E-state index contributed by atoms with van der Waals surface area (Å²) >= 11 is 0. The van der Waals surface area contributed by atoms with Crippen LogP contribution in [0.5, 0.6) is 0 Å². The molecule has 0 aliphatic heterocycles. The van der Waals surface area contributed by atoms with Gasteiger partial charge in [0.25, 0.3) is 11.8 Å². The number of carbonyl (C=O) groups excluding carboxylic acids is 2. The van der Waals surface area contributed by atoms with Gasteiger partial charge in [0.15, 0.2) is 0 Å². The Hall–Kier alpha value is -2.69. The number of aromatic nitrogens is 1. The summed E-state index contributed by atoms with van der Waals surface area (Å²) in [5.41, 5.74) is 1.56. The van der Waals surface area contributed by atoms with Crippen LogP contribution < -0.4 is 10.6 Å². The fourth-order valence-electron chi connectivity index (χ4n) is 3.29. The number of hydrogen-bond donors (Lipinski definition) is 2. The molecule has 3 rings (SSSR count). The van der Waals surface area contributed by atoms with Gasteiger partial charge < -0.3 is 10.6 Å². The van der Waals surface area contributed by atoms with Crippen molar-refractivity contribution in [1.29, 1.82) is 0 Å². The topological polar surface area (TPSA) is 71.1 Å². The molecule has 136 valence electrons. The van der Waals surface area contributed by atoms with Crippen molar-refractivity contribution >= 4 is 11.8 Å². The highest BCUT2D eigenvalue weighted by molar-refractivity contribution is 5.96. The van der Waals surface area contributed by atoms with Crippen LogP contribution in [0.25, 0.3) is 0 Å². The van der Waals surface area contributed by atoms with Crippen molar-refractivity contribution in [3.63, 3.8) is 0 Å². The lowest BCUT2D eigenvalue weighted by molar-refractivity contribution is 0.0921. The first-order chi connectivity index (χ1) is 12.6. The Bertz CT molecular complexity index is 755. The molecule has 1 aliphatic carbocycles. The van der Waals surface area contributed by atoms with E-state index in [1.165, 1.54) is 6.42 Å². The van der Waals surface area contributed by atoms with E-state index in [1.807, 2.05) is 37.3 Å². The van der Waals surface area contributed by atoms with Crippen molar-refractivity contribution in [3.05, 3.63) is 65.5 Å². The average Bonchev–Trinajstić information content (AvgIpc) is 2.69. The van der Waals surface area contributed by atoms with Gasteiger partial charge in [-0.1, -0.05) is 55.7 Å². The summed E-state index contributed by atoms with van der Waals surface area (Å²) in [6, 6.07) is 14.8. The van der Waals surface area contributed by atoms with E-state index in [9.17, 15) is 9.59 Å². The number of amides is 2. The highest BCUT2D eigenvalue weighted by Gasteiger charge is 2.19. The number of pyridine rings is 1. The van der Waals surface area contributed by atoms with Gasteiger partial charge in [0.2, 0.25) is 0 Å². The second kappa shape index (κ2) is 8.61. The highest BCUT2D eigenvalue weighted by atomic mass is 16.2. The van der Waals surface area contributed by atoms with Gasteiger partial charge in [-0.15, -0.1) is 0 Å². The number of rotatable bonds is 5. The van der Waals surface area contributed by atoms with Crippen LogP contribution in [-0.4, -0.2) is 22.8 Å². The summed E-state index contributed by atoms with van der Waals surface area (Å²) in [4.78, 5) is 29.2. The van der Waals surface area contributed by atoms with Crippen LogP contribution in [0.2, 0.25) is 0 Å². The Labute approximate surface area is 154 Å². The van der Waals surface area contributed by atoms with Crippen molar-refractivity contribution in [2.75, 3.05) is 0 Å². The first-order valence-corrected chi connectivity index (χ1v) is 9.27. The number of benzene rings is 1. The van der Waals surface area contributed by atoms with E-state index in [0.717, 1.165) is 31.2 Å². The van der Waals surface area contributed by atoms with Crippen molar-refractivity contribution in [2.45, 2.75) is 51.1 Å². The molecule has 2 amide bonds. The van der Waals surface area contributed by atoms with E-state index in [-0.39, 0.29) is 35.3 Å². The summed E-state index contributed by atoms with van der Waals surface area (Å²) in [6.45, 7) is 1.92. The minimum atomic E-state index is -0.284. The van der Waals surface area contributed by atoms with Crippen LogP contribution >= 0.6 is 0 Å². The lowest BCUT2D eigenvalue weighted by Crippen LogP contribution is -2.37. The van der Waals surface area contributed by atoms with Gasteiger partial charge in [-0.3, -0.25) is 9.59 Å². The summed E-state index contributed by atoms with van der Waals surface area (Å²) < 4.78 is 0. The molecule has 1 atom stereocenters. The predicted octanol–water partition coefficient (Wildman–Crippen LogP) is 3.64. The van der Waals surface area contributed by atoms with Gasteiger partial charge >= 0.3 is 0 Å². The summed E-state index contributed by atoms with van der Waals surface area (Å²) in [6.07, 6.45) is 5.57. The monoisotopic (exact) mass is 351 g/mol. The fraction of sp³-hybridized carbons (Fsp3) is 0.381. The van der Waals surface area contributed by atoms with Crippen LogP contribution in [0.4, 0.5) is 0 Å². The Morgan fingerprint density at radius 3 is 2.27 bits per heavy atom. The highest BCUT2D eigenvalue weighted by Crippen LogP contribution is 2.18. The van der Waals surface area contributed by atoms with Crippen LogP contribution in [0.1, 0.15) is 71.6 Å². The van der Waals surface area contributed by atoms with Crippen molar-refractivity contribution in [3.8, 4) is 0 Å². The van der Waals surface area contributed by atoms with Crippen molar-refractivity contribution in [2.24, 2.45) is 0 Å². The zero-order valence-electron chi connectivity index (χ0n) is 15.1. The number of nitrogens with one attached hydrogen (secondary N) is 2. The zero-order chi connectivity index (χ0) is 18.4. The molecule has 1 aromatic carbocycles. The van der Waals surface area contributed by atoms with Gasteiger partial charge in [-0.25, -0.2) is 4.98 Å². The molecule has 5 nitrogen and oxygen atoms in total. The van der Waals surface area contributed by atoms with Crippen LogP contribution in [0.15, 0.2) is 48.5 Å². The third-order valence-electron chi connectivity index (χ3n) is 4.80. The standard InChI is InChI=1S/C21H25N3O2/c1-15(16-9-4-2-5-10-16)22-20(25)18-13-8-14-19(24-18)21(26)23-17-11-6-3-7-12-17/h2,4-5,8-10,13-15,17H,3,6-7,11-12H2,1H3,(H,22,25)(H,23,26). The van der Waals surface area contributed by atoms with Crippen LogP contribution in [0.3, 0.4) is 0 Å². The zero-order valence-corrected chi connectivity index (χ0v) is 15.1. The molecule has 0 spiro atoms. The molecule has 0 bridgehead atoms. The first kappa shape index (κ1) is 18.1. The van der Waals surface area contributed by atoms with E-state index in [4.69, 9.17) is 0 Å². The SMILES string of the molecule is CC(NC(=O)c1cccc(C(=O)NC2CCCCC2)n1)c1ccccc1. The molecule has 0 saturated heterocycles. The third kappa shape index (κ3) is 4.69. The minimum Gasteiger partial charge on any atom is -0.348 e. The number of carbonyl (C=O) groups is 2. The predicted molar refractivity (Wildman–Crippen MR) is 101 cm³/mol. The quantitative estimate of drug-likeness (QED) is 0.864. The maximum Gasteiger partial charge on any atom is 0.270 e. The van der Waals surface area contributed by atoms with Gasteiger partial charge in [0.05, 0.1) is 6.04 Å². The van der Waals surface area contributed by atoms with E-state index >= 15 is 0 Å². The third-order valence-corrected chi connectivity index (χ3v) is 4.80. The maximum atomic E-state index is 12.5. The molecule has 1 saturated carbocycles.